The number of urea groups is 1. The van der Waals surface area contributed by atoms with E-state index < -0.39 is 6.10 Å². The monoisotopic (exact) mass is 326 g/mol. The molecule has 6 heteroatoms. The summed E-state index contributed by atoms with van der Waals surface area (Å²) in [6.07, 6.45) is 6.71. The van der Waals surface area contributed by atoms with Gasteiger partial charge < -0.3 is 15.7 Å². The first-order chi connectivity index (χ1) is 11.6. The van der Waals surface area contributed by atoms with Gasteiger partial charge in [0.15, 0.2) is 0 Å². The summed E-state index contributed by atoms with van der Waals surface area (Å²) >= 11 is 0. The molecule has 0 bridgehead atoms. The van der Waals surface area contributed by atoms with Crippen molar-refractivity contribution in [2.45, 2.75) is 31.9 Å². The van der Waals surface area contributed by atoms with Crippen LogP contribution in [0.3, 0.4) is 0 Å². The molecule has 24 heavy (non-hydrogen) atoms. The minimum atomic E-state index is -0.432. The van der Waals surface area contributed by atoms with Crippen LogP contribution in [0.4, 0.5) is 4.79 Å². The van der Waals surface area contributed by atoms with Crippen LogP contribution >= 0.6 is 0 Å². The van der Waals surface area contributed by atoms with Gasteiger partial charge >= 0.3 is 6.03 Å². The molecule has 126 valence electrons. The lowest BCUT2D eigenvalue weighted by molar-refractivity contribution is 0.149. The third kappa shape index (κ3) is 4.29. The maximum absolute atomic E-state index is 11.9. The Labute approximate surface area is 141 Å². The molecule has 2 aromatic rings. The SMILES string of the molecule is CC(NC(=O)NCC(O)C1CC1)c1ccc(-c2cncnc2)cc1. The van der Waals surface area contributed by atoms with Crippen LogP contribution in [0.2, 0.25) is 0 Å². The Bertz CT molecular complexity index is 671. The van der Waals surface area contributed by atoms with Gasteiger partial charge in [-0.15, -0.1) is 0 Å². The first-order valence-electron chi connectivity index (χ1n) is 8.21. The average molecular weight is 326 g/mol. The third-order valence-electron chi connectivity index (χ3n) is 4.29. The zero-order valence-corrected chi connectivity index (χ0v) is 13.6. The number of aliphatic hydroxyl groups excluding tert-OH is 1. The summed E-state index contributed by atoms with van der Waals surface area (Å²) in [4.78, 5) is 19.9. The van der Waals surface area contributed by atoms with E-state index in [1.54, 1.807) is 12.4 Å². The highest BCUT2D eigenvalue weighted by Crippen LogP contribution is 2.32. The largest absolute Gasteiger partial charge is 0.391 e. The van der Waals surface area contributed by atoms with Gasteiger partial charge in [0, 0.05) is 24.5 Å². The lowest BCUT2D eigenvalue weighted by Crippen LogP contribution is -2.41. The summed E-state index contributed by atoms with van der Waals surface area (Å²) < 4.78 is 0. The van der Waals surface area contributed by atoms with E-state index in [1.807, 2.05) is 31.2 Å². The summed E-state index contributed by atoms with van der Waals surface area (Å²) in [5, 5.41) is 15.4. The Kier molecular flexibility index (Phi) is 5.05. The topological polar surface area (TPSA) is 87.1 Å². The molecule has 0 spiro atoms. The Balaban J connectivity index is 1.52. The van der Waals surface area contributed by atoms with Crippen LogP contribution in [-0.4, -0.2) is 33.8 Å². The highest BCUT2D eigenvalue weighted by atomic mass is 16.3. The van der Waals surface area contributed by atoms with E-state index >= 15 is 0 Å². The maximum Gasteiger partial charge on any atom is 0.315 e. The number of nitrogens with zero attached hydrogens (tertiary/aromatic N) is 2. The van der Waals surface area contributed by atoms with Crippen molar-refractivity contribution in [3.05, 3.63) is 48.5 Å². The van der Waals surface area contributed by atoms with E-state index in [1.165, 1.54) is 6.33 Å². The minimum absolute atomic E-state index is 0.121. The molecule has 6 nitrogen and oxygen atoms in total. The second kappa shape index (κ2) is 7.40. The Morgan fingerprint density at radius 1 is 1.21 bits per heavy atom. The maximum atomic E-state index is 11.9. The summed E-state index contributed by atoms with van der Waals surface area (Å²) in [5.74, 6) is 0.359. The molecular weight excluding hydrogens is 304 g/mol. The molecule has 1 aromatic heterocycles. The average Bonchev–Trinajstić information content (AvgIpc) is 3.46. The summed E-state index contributed by atoms with van der Waals surface area (Å²) in [5.41, 5.74) is 2.99. The van der Waals surface area contributed by atoms with E-state index in [2.05, 4.69) is 20.6 Å². The van der Waals surface area contributed by atoms with Crippen LogP contribution in [-0.2, 0) is 0 Å². The molecule has 1 fully saturated rings. The Morgan fingerprint density at radius 2 is 1.88 bits per heavy atom. The smallest absolute Gasteiger partial charge is 0.315 e. The summed E-state index contributed by atoms with van der Waals surface area (Å²) in [7, 11) is 0. The van der Waals surface area contributed by atoms with Crippen molar-refractivity contribution in [3.8, 4) is 11.1 Å². The Morgan fingerprint density at radius 3 is 2.50 bits per heavy atom. The minimum Gasteiger partial charge on any atom is -0.391 e. The highest BCUT2D eigenvalue weighted by molar-refractivity contribution is 5.74. The number of carbonyl (C=O) groups excluding carboxylic acids is 1. The van der Waals surface area contributed by atoms with Crippen molar-refractivity contribution in [1.82, 2.24) is 20.6 Å². The van der Waals surface area contributed by atoms with Crippen LogP contribution in [0, 0.1) is 5.92 Å². The molecule has 1 aliphatic rings. The molecule has 1 heterocycles. The van der Waals surface area contributed by atoms with Gasteiger partial charge in [-0.2, -0.15) is 0 Å². The molecule has 2 atom stereocenters. The molecule has 2 unspecified atom stereocenters. The van der Waals surface area contributed by atoms with Crippen molar-refractivity contribution >= 4 is 6.03 Å². The summed E-state index contributed by atoms with van der Waals surface area (Å²) in [6, 6.07) is 7.55. The van der Waals surface area contributed by atoms with E-state index in [9.17, 15) is 9.90 Å². The lowest BCUT2D eigenvalue weighted by Gasteiger charge is -2.17. The molecule has 2 amide bonds. The standard InChI is InChI=1S/C18H22N4O2/c1-12(22-18(24)21-10-17(23)15-6-7-15)13-2-4-14(5-3-13)16-8-19-11-20-9-16/h2-5,8-9,11-12,15,17,23H,6-7,10H2,1H3,(H2,21,22,24). The van der Waals surface area contributed by atoms with Gasteiger partial charge in [-0.05, 0) is 36.8 Å². The molecule has 0 aliphatic heterocycles. The van der Waals surface area contributed by atoms with Crippen LogP contribution in [0.1, 0.15) is 31.4 Å². The van der Waals surface area contributed by atoms with Crippen molar-refractivity contribution in [1.29, 1.82) is 0 Å². The zero-order valence-electron chi connectivity index (χ0n) is 13.6. The third-order valence-corrected chi connectivity index (χ3v) is 4.29. The number of aromatic nitrogens is 2. The number of hydrogen-bond donors (Lipinski definition) is 3. The number of aliphatic hydroxyl groups is 1. The molecule has 3 N–H and O–H groups in total. The second-order valence-electron chi connectivity index (χ2n) is 6.23. The van der Waals surface area contributed by atoms with Gasteiger partial charge in [-0.25, -0.2) is 14.8 Å². The number of hydrogen-bond acceptors (Lipinski definition) is 4. The van der Waals surface area contributed by atoms with E-state index in [0.29, 0.717) is 12.5 Å². The second-order valence-corrected chi connectivity index (χ2v) is 6.23. The fourth-order valence-corrected chi connectivity index (χ4v) is 2.59. The molecule has 1 aliphatic carbocycles. The number of amides is 2. The van der Waals surface area contributed by atoms with Gasteiger partial charge in [0.05, 0.1) is 12.1 Å². The van der Waals surface area contributed by atoms with E-state index in [4.69, 9.17) is 0 Å². The first-order valence-corrected chi connectivity index (χ1v) is 8.21. The molecule has 0 saturated heterocycles. The van der Waals surface area contributed by atoms with Crippen LogP contribution in [0.5, 0.6) is 0 Å². The molecule has 0 radical (unpaired) electrons. The van der Waals surface area contributed by atoms with Crippen molar-refractivity contribution in [2.24, 2.45) is 5.92 Å². The van der Waals surface area contributed by atoms with E-state index in [0.717, 1.165) is 29.5 Å². The predicted molar refractivity (Wildman–Crippen MR) is 91.1 cm³/mol. The fraction of sp³-hybridized carbons (Fsp3) is 0.389. The van der Waals surface area contributed by atoms with Crippen molar-refractivity contribution < 1.29 is 9.90 Å². The molecule has 1 saturated carbocycles. The first kappa shape index (κ1) is 16.4. The number of rotatable bonds is 6. The van der Waals surface area contributed by atoms with E-state index in [-0.39, 0.29) is 12.1 Å². The van der Waals surface area contributed by atoms with Gasteiger partial charge in [0.2, 0.25) is 0 Å². The molecule has 3 rings (SSSR count). The predicted octanol–water partition coefficient (Wildman–Crippen LogP) is 2.27. The van der Waals surface area contributed by atoms with Gasteiger partial charge in [-0.1, -0.05) is 24.3 Å². The van der Waals surface area contributed by atoms with Crippen LogP contribution in [0.25, 0.3) is 11.1 Å². The molecule has 1 aromatic carbocycles. The summed E-state index contributed by atoms with van der Waals surface area (Å²) in [6.45, 7) is 2.23. The van der Waals surface area contributed by atoms with Crippen molar-refractivity contribution in [3.63, 3.8) is 0 Å². The van der Waals surface area contributed by atoms with Gasteiger partial charge in [-0.3, -0.25) is 0 Å². The zero-order chi connectivity index (χ0) is 16.9. The number of carbonyl (C=O) groups is 1. The van der Waals surface area contributed by atoms with Crippen molar-refractivity contribution in [2.75, 3.05) is 6.54 Å². The normalized spacial score (nSPS) is 16.2. The van der Waals surface area contributed by atoms with Gasteiger partial charge in [0.25, 0.3) is 0 Å². The number of nitrogens with one attached hydrogen (secondary N) is 2. The van der Waals surface area contributed by atoms with Crippen LogP contribution in [0.15, 0.2) is 43.0 Å². The Hall–Kier alpha value is -2.47. The number of benzene rings is 1. The lowest BCUT2D eigenvalue weighted by atomic mass is 10.0. The highest BCUT2D eigenvalue weighted by Gasteiger charge is 2.29. The molecular formula is C18H22N4O2. The fourth-order valence-electron chi connectivity index (χ4n) is 2.59. The van der Waals surface area contributed by atoms with Gasteiger partial charge in [0.1, 0.15) is 6.33 Å². The quantitative estimate of drug-likeness (QED) is 0.760. The van der Waals surface area contributed by atoms with Crippen LogP contribution < -0.4 is 10.6 Å².